The second kappa shape index (κ2) is 5.56. The number of nitrogens with zero attached hydrogens (tertiary/aromatic N) is 1. The maximum Gasteiger partial charge on any atom is 0.150 e. The Labute approximate surface area is 81.6 Å². The number of aromatic nitrogens is 1. The number of thiazole rings is 1. The van der Waals surface area contributed by atoms with Crippen LogP contribution in [0.2, 0.25) is 0 Å². The highest BCUT2D eigenvalue weighted by atomic mass is 32.2. The lowest BCUT2D eigenvalue weighted by Crippen LogP contribution is -2.00. The van der Waals surface area contributed by atoms with Gasteiger partial charge in [0.1, 0.15) is 4.34 Å². The molecule has 1 heterocycles. The van der Waals surface area contributed by atoms with Gasteiger partial charge in [0.05, 0.1) is 5.69 Å². The van der Waals surface area contributed by atoms with Crippen LogP contribution in [0.4, 0.5) is 0 Å². The van der Waals surface area contributed by atoms with Crippen LogP contribution in [0.3, 0.4) is 0 Å². The van der Waals surface area contributed by atoms with E-state index in [1.165, 1.54) is 10.0 Å². The van der Waals surface area contributed by atoms with Crippen molar-refractivity contribution in [1.82, 2.24) is 4.98 Å². The van der Waals surface area contributed by atoms with Crippen LogP contribution < -0.4 is 5.73 Å². The third-order valence-corrected chi connectivity index (χ3v) is 3.39. The van der Waals surface area contributed by atoms with E-state index in [2.05, 4.69) is 17.3 Å². The summed E-state index contributed by atoms with van der Waals surface area (Å²) in [6.45, 7) is 2.90. The maximum atomic E-state index is 5.41. The van der Waals surface area contributed by atoms with Crippen molar-refractivity contribution >= 4 is 23.1 Å². The molecule has 0 bridgehead atoms. The van der Waals surface area contributed by atoms with Gasteiger partial charge in [0.2, 0.25) is 0 Å². The summed E-state index contributed by atoms with van der Waals surface area (Å²) >= 11 is 3.54. The van der Waals surface area contributed by atoms with E-state index in [4.69, 9.17) is 5.73 Å². The van der Waals surface area contributed by atoms with E-state index in [9.17, 15) is 0 Å². The van der Waals surface area contributed by atoms with Gasteiger partial charge in [-0.25, -0.2) is 4.98 Å². The molecule has 1 rings (SSSR count). The van der Waals surface area contributed by atoms with Crippen molar-refractivity contribution in [2.24, 2.45) is 5.73 Å². The molecule has 0 aliphatic heterocycles. The van der Waals surface area contributed by atoms with Crippen molar-refractivity contribution in [2.45, 2.75) is 24.1 Å². The third-order valence-electron chi connectivity index (χ3n) is 1.44. The van der Waals surface area contributed by atoms with Gasteiger partial charge in [0.15, 0.2) is 0 Å². The molecule has 68 valence electrons. The van der Waals surface area contributed by atoms with Crippen molar-refractivity contribution in [3.05, 3.63) is 11.1 Å². The van der Waals surface area contributed by atoms with Crippen LogP contribution in [0.1, 0.15) is 19.0 Å². The number of nitrogens with two attached hydrogens (primary N) is 1. The molecule has 0 amide bonds. The second-order valence-corrected chi connectivity index (χ2v) is 4.80. The molecule has 0 radical (unpaired) electrons. The number of hydrogen-bond acceptors (Lipinski definition) is 4. The lowest BCUT2D eigenvalue weighted by molar-refractivity contribution is 0.810. The molecule has 1 aromatic heterocycles. The van der Waals surface area contributed by atoms with Gasteiger partial charge in [-0.05, 0) is 25.1 Å². The first-order valence-electron chi connectivity index (χ1n) is 4.14. The third kappa shape index (κ3) is 3.13. The highest BCUT2D eigenvalue weighted by Crippen LogP contribution is 2.22. The largest absolute Gasteiger partial charge is 0.330 e. The van der Waals surface area contributed by atoms with Gasteiger partial charge in [0, 0.05) is 5.38 Å². The van der Waals surface area contributed by atoms with Gasteiger partial charge >= 0.3 is 0 Å². The van der Waals surface area contributed by atoms with Crippen LogP contribution in [0.25, 0.3) is 0 Å². The van der Waals surface area contributed by atoms with Crippen LogP contribution in [-0.2, 0) is 6.42 Å². The van der Waals surface area contributed by atoms with E-state index in [0.717, 1.165) is 25.1 Å². The zero-order valence-electron chi connectivity index (χ0n) is 7.25. The molecule has 0 unspecified atom stereocenters. The van der Waals surface area contributed by atoms with E-state index in [0.29, 0.717) is 0 Å². The summed E-state index contributed by atoms with van der Waals surface area (Å²) in [6.07, 6.45) is 2.07. The first kappa shape index (κ1) is 10.0. The molecule has 0 aliphatic carbocycles. The van der Waals surface area contributed by atoms with Gasteiger partial charge in [-0.2, -0.15) is 0 Å². The van der Waals surface area contributed by atoms with Gasteiger partial charge in [-0.15, -0.1) is 11.3 Å². The highest BCUT2D eigenvalue weighted by Gasteiger charge is 2.00. The summed E-state index contributed by atoms with van der Waals surface area (Å²) in [5, 5.41) is 2.13. The first-order valence-corrected chi connectivity index (χ1v) is 6.00. The number of hydrogen-bond donors (Lipinski definition) is 1. The van der Waals surface area contributed by atoms with Gasteiger partial charge in [-0.1, -0.05) is 18.7 Å². The Balaban J connectivity index is 2.41. The molecule has 0 aromatic carbocycles. The molecule has 0 fully saturated rings. The fourth-order valence-corrected chi connectivity index (χ4v) is 2.65. The molecular formula is C8H14N2S2. The Morgan fingerprint density at radius 2 is 2.50 bits per heavy atom. The lowest BCUT2D eigenvalue weighted by atomic mass is 10.3. The average molecular weight is 202 g/mol. The maximum absolute atomic E-state index is 5.41. The second-order valence-electron chi connectivity index (χ2n) is 2.43. The van der Waals surface area contributed by atoms with E-state index in [1.807, 2.05) is 0 Å². The van der Waals surface area contributed by atoms with Crippen LogP contribution in [0, 0.1) is 0 Å². The molecule has 0 saturated heterocycles. The van der Waals surface area contributed by atoms with Crippen LogP contribution in [-0.4, -0.2) is 17.3 Å². The van der Waals surface area contributed by atoms with Crippen molar-refractivity contribution in [1.29, 1.82) is 0 Å². The molecule has 12 heavy (non-hydrogen) atoms. The summed E-state index contributed by atoms with van der Waals surface area (Å²) in [5.74, 6) is 1.10. The van der Waals surface area contributed by atoms with Crippen molar-refractivity contribution in [2.75, 3.05) is 12.3 Å². The highest BCUT2D eigenvalue weighted by molar-refractivity contribution is 8.00. The summed E-state index contributed by atoms with van der Waals surface area (Å²) < 4.78 is 1.18. The van der Waals surface area contributed by atoms with E-state index >= 15 is 0 Å². The molecule has 1 aromatic rings. The first-order chi connectivity index (χ1) is 5.86. The van der Waals surface area contributed by atoms with E-state index in [-0.39, 0.29) is 0 Å². The average Bonchev–Trinajstić information content (AvgIpc) is 2.50. The minimum absolute atomic E-state index is 0.758. The van der Waals surface area contributed by atoms with Crippen molar-refractivity contribution in [3.8, 4) is 0 Å². The zero-order valence-corrected chi connectivity index (χ0v) is 8.88. The van der Waals surface area contributed by atoms with Crippen LogP contribution in [0.15, 0.2) is 9.72 Å². The number of aryl methyl sites for hydroxylation is 1. The lowest BCUT2D eigenvalue weighted by Gasteiger charge is -1.91. The topological polar surface area (TPSA) is 38.9 Å². The monoisotopic (exact) mass is 202 g/mol. The number of rotatable bonds is 5. The van der Waals surface area contributed by atoms with Crippen molar-refractivity contribution < 1.29 is 0 Å². The summed E-state index contributed by atoms with van der Waals surface area (Å²) in [7, 11) is 0. The Morgan fingerprint density at radius 1 is 1.67 bits per heavy atom. The Morgan fingerprint density at radius 3 is 3.17 bits per heavy atom. The quantitative estimate of drug-likeness (QED) is 0.744. The fourth-order valence-electron chi connectivity index (χ4n) is 0.876. The summed E-state index contributed by atoms with van der Waals surface area (Å²) in [6, 6.07) is 0. The van der Waals surface area contributed by atoms with E-state index in [1.54, 1.807) is 23.1 Å². The zero-order chi connectivity index (χ0) is 8.81. The molecule has 0 spiro atoms. The predicted octanol–water partition coefficient (Wildman–Crippen LogP) is 2.15. The smallest absolute Gasteiger partial charge is 0.150 e. The van der Waals surface area contributed by atoms with Gasteiger partial charge < -0.3 is 5.73 Å². The Hall–Kier alpha value is -0.0600. The molecular weight excluding hydrogens is 188 g/mol. The molecule has 2 nitrogen and oxygen atoms in total. The Kier molecular flexibility index (Phi) is 4.65. The minimum atomic E-state index is 0.758. The number of thioether (sulfide) groups is 1. The molecule has 4 heteroatoms. The predicted molar refractivity (Wildman–Crippen MR) is 55.9 cm³/mol. The minimum Gasteiger partial charge on any atom is -0.330 e. The molecule has 0 aliphatic rings. The SMILES string of the molecule is CCSc1nc(CCCN)cs1. The normalized spacial score (nSPS) is 10.5. The summed E-state index contributed by atoms with van der Waals surface area (Å²) in [4.78, 5) is 4.46. The van der Waals surface area contributed by atoms with Crippen LogP contribution >= 0.6 is 23.1 Å². The Bertz CT molecular complexity index is 223. The summed E-state index contributed by atoms with van der Waals surface area (Å²) in [5.41, 5.74) is 6.61. The van der Waals surface area contributed by atoms with Gasteiger partial charge in [0.25, 0.3) is 0 Å². The fraction of sp³-hybridized carbons (Fsp3) is 0.625. The van der Waals surface area contributed by atoms with E-state index < -0.39 is 0 Å². The van der Waals surface area contributed by atoms with Gasteiger partial charge in [-0.3, -0.25) is 0 Å². The van der Waals surface area contributed by atoms with Crippen molar-refractivity contribution in [3.63, 3.8) is 0 Å². The van der Waals surface area contributed by atoms with Crippen LogP contribution in [0.5, 0.6) is 0 Å². The standard InChI is InChI=1S/C8H14N2S2/c1-2-11-8-10-7(6-12-8)4-3-5-9/h6H,2-5,9H2,1H3. The molecule has 2 N–H and O–H groups in total. The molecule has 0 atom stereocenters. The molecule has 0 saturated carbocycles.